The number of aromatic carboxylic acids is 1. The molecule has 0 atom stereocenters. The van der Waals surface area contributed by atoms with Crippen molar-refractivity contribution in [2.45, 2.75) is 26.2 Å². The highest BCUT2D eigenvalue weighted by Gasteiger charge is 2.17. The molecule has 1 aromatic heterocycles. The minimum atomic E-state index is -1.03. The van der Waals surface area contributed by atoms with Gasteiger partial charge in [-0.05, 0) is 29.2 Å². The van der Waals surface area contributed by atoms with Gasteiger partial charge in [-0.15, -0.1) is 0 Å². The summed E-state index contributed by atoms with van der Waals surface area (Å²) >= 11 is 0. The zero-order valence-corrected chi connectivity index (χ0v) is 14.0. The minimum absolute atomic E-state index is 0.0359. The van der Waals surface area contributed by atoms with Crippen LogP contribution in [0.4, 0.5) is 0 Å². The van der Waals surface area contributed by atoms with E-state index in [-0.39, 0.29) is 11.1 Å². The highest BCUT2D eigenvalue weighted by atomic mass is 16.4. The van der Waals surface area contributed by atoms with Gasteiger partial charge >= 0.3 is 5.97 Å². The van der Waals surface area contributed by atoms with E-state index < -0.39 is 5.97 Å². The third kappa shape index (κ3) is 3.08. The molecule has 1 N–H and O–H groups in total. The summed E-state index contributed by atoms with van der Waals surface area (Å²) in [5, 5.41) is 13.6. The van der Waals surface area contributed by atoms with Crippen molar-refractivity contribution in [2.75, 3.05) is 0 Å². The van der Waals surface area contributed by atoms with E-state index in [2.05, 4.69) is 38.0 Å². The van der Waals surface area contributed by atoms with Gasteiger partial charge in [0, 0.05) is 5.56 Å². The Bertz CT molecular complexity index is 857. The summed E-state index contributed by atoms with van der Waals surface area (Å²) in [6.45, 7) is 6.48. The maximum absolute atomic E-state index is 11.3. The minimum Gasteiger partial charge on any atom is -0.476 e. The molecule has 2 aromatic carbocycles. The summed E-state index contributed by atoms with van der Waals surface area (Å²) in [5.41, 5.74) is 3.85. The number of nitrogens with zero attached hydrogens (tertiary/aromatic N) is 2. The highest BCUT2D eigenvalue weighted by molar-refractivity contribution is 5.87. The zero-order valence-electron chi connectivity index (χ0n) is 14.0. The van der Waals surface area contributed by atoms with Crippen LogP contribution in [0.3, 0.4) is 0 Å². The van der Waals surface area contributed by atoms with Crippen molar-refractivity contribution >= 4 is 5.97 Å². The predicted octanol–water partition coefficient (Wildman–Crippen LogP) is 4.54. The van der Waals surface area contributed by atoms with Crippen molar-refractivity contribution in [2.24, 2.45) is 0 Å². The second-order valence-corrected chi connectivity index (χ2v) is 6.79. The van der Waals surface area contributed by atoms with Crippen molar-refractivity contribution < 1.29 is 9.90 Å². The Morgan fingerprint density at radius 2 is 1.62 bits per heavy atom. The molecule has 0 bridgehead atoms. The van der Waals surface area contributed by atoms with E-state index in [0.29, 0.717) is 0 Å². The Hall–Kier alpha value is -2.88. The van der Waals surface area contributed by atoms with Gasteiger partial charge in [0.1, 0.15) is 0 Å². The van der Waals surface area contributed by atoms with Crippen LogP contribution < -0.4 is 0 Å². The molecule has 0 fully saturated rings. The van der Waals surface area contributed by atoms with Crippen LogP contribution >= 0.6 is 0 Å². The number of hydrogen-bond donors (Lipinski definition) is 1. The molecule has 3 rings (SSSR count). The molecule has 122 valence electrons. The SMILES string of the molecule is CC(C)(C)c1ccc(-n2nc(C(=O)O)cc2-c2ccccc2)cc1. The summed E-state index contributed by atoms with van der Waals surface area (Å²) in [6.07, 6.45) is 0. The Balaban J connectivity index is 2.11. The Morgan fingerprint density at radius 3 is 2.17 bits per heavy atom. The summed E-state index contributed by atoms with van der Waals surface area (Å²) in [5.74, 6) is -1.03. The number of carboxylic acid groups (broad SMARTS) is 1. The number of rotatable bonds is 3. The van der Waals surface area contributed by atoms with Crippen LogP contribution in [0, 0.1) is 0 Å². The van der Waals surface area contributed by atoms with E-state index in [4.69, 9.17) is 0 Å². The quantitative estimate of drug-likeness (QED) is 0.771. The Labute approximate surface area is 141 Å². The smallest absolute Gasteiger partial charge is 0.356 e. The average molecular weight is 320 g/mol. The van der Waals surface area contributed by atoms with E-state index in [0.717, 1.165) is 16.9 Å². The zero-order chi connectivity index (χ0) is 17.3. The normalized spacial score (nSPS) is 11.5. The summed E-state index contributed by atoms with van der Waals surface area (Å²) in [6, 6.07) is 19.4. The van der Waals surface area contributed by atoms with Crippen molar-refractivity contribution in [3.63, 3.8) is 0 Å². The standard InChI is InChI=1S/C20H20N2O2/c1-20(2,3)15-9-11-16(12-10-15)22-18(13-17(21-22)19(23)24)14-7-5-4-6-8-14/h4-13H,1-3H3,(H,23,24). The van der Waals surface area contributed by atoms with Gasteiger partial charge in [0.15, 0.2) is 5.69 Å². The van der Waals surface area contributed by atoms with Gasteiger partial charge in [-0.25, -0.2) is 9.48 Å². The first-order chi connectivity index (χ1) is 11.4. The van der Waals surface area contributed by atoms with E-state index in [1.54, 1.807) is 10.7 Å². The van der Waals surface area contributed by atoms with E-state index in [1.165, 1.54) is 5.56 Å². The monoisotopic (exact) mass is 320 g/mol. The molecule has 0 radical (unpaired) electrons. The lowest BCUT2D eigenvalue weighted by molar-refractivity contribution is 0.0690. The van der Waals surface area contributed by atoms with Crippen LogP contribution in [0.15, 0.2) is 60.7 Å². The van der Waals surface area contributed by atoms with Crippen LogP contribution in [-0.4, -0.2) is 20.9 Å². The van der Waals surface area contributed by atoms with Crippen molar-refractivity contribution in [1.82, 2.24) is 9.78 Å². The highest BCUT2D eigenvalue weighted by Crippen LogP contribution is 2.27. The molecular weight excluding hydrogens is 300 g/mol. The molecule has 0 aliphatic carbocycles. The fourth-order valence-corrected chi connectivity index (χ4v) is 2.60. The molecule has 4 nitrogen and oxygen atoms in total. The molecule has 0 saturated carbocycles. The molecule has 0 unspecified atom stereocenters. The van der Waals surface area contributed by atoms with Crippen LogP contribution in [0.25, 0.3) is 16.9 Å². The van der Waals surface area contributed by atoms with Gasteiger partial charge in [0.25, 0.3) is 0 Å². The van der Waals surface area contributed by atoms with Gasteiger partial charge in [0.05, 0.1) is 11.4 Å². The summed E-state index contributed by atoms with van der Waals surface area (Å²) < 4.78 is 1.69. The third-order valence-electron chi connectivity index (χ3n) is 3.98. The fourth-order valence-electron chi connectivity index (χ4n) is 2.60. The largest absolute Gasteiger partial charge is 0.476 e. The second kappa shape index (κ2) is 5.96. The van der Waals surface area contributed by atoms with Crippen molar-refractivity contribution in [1.29, 1.82) is 0 Å². The van der Waals surface area contributed by atoms with Crippen molar-refractivity contribution in [3.8, 4) is 16.9 Å². The lowest BCUT2D eigenvalue weighted by Crippen LogP contribution is -2.11. The first-order valence-corrected chi connectivity index (χ1v) is 7.86. The number of hydrogen-bond acceptors (Lipinski definition) is 2. The van der Waals surface area contributed by atoms with Gasteiger partial charge in [0.2, 0.25) is 0 Å². The lowest BCUT2D eigenvalue weighted by Gasteiger charge is -2.19. The van der Waals surface area contributed by atoms with E-state index in [1.807, 2.05) is 42.5 Å². The van der Waals surface area contributed by atoms with Crippen molar-refractivity contribution in [3.05, 3.63) is 71.9 Å². The number of aromatic nitrogens is 2. The predicted molar refractivity (Wildman–Crippen MR) is 94.7 cm³/mol. The number of benzene rings is 2. The van der Waals surface area contributed by atoms with Crippen LogP contribution in [-0.2, 0) is 5.41 Å². The van der Waals surface area contributed by atoms with E-state index in [9.17, 15) is 9.90 Å². The fraction of sp³-hybridized carbons (Fsp3) is 0.200. The molecule has 4 heteroatoms. The molecular formula is C20H20N2O2. The maximum Gasteiger partial charge on any atom is 0.356 e. The maximum atomic E-state index is 11.3. The molecule has 24 heavy (non-hydrogen) atoms. The van der Waals surface area contributed by atoms with Crippen LogP contribution in [0.5, 0.6) is 0 Å². The Morgan fingerprint density at radius 1 is 1.00 bits per heavy atom. The topological polar surface area (TPSA) is 55.1 Å². The number of carboxylic acids is 1. The molecule has 1 heterocycles. The Kier molecular flexibility index (Phi) is 3.97. The molecule has 0 aliphatic heterocycles. The lowest BCUT2D eigenvalue weighted by atomic mass is 9.87. The van der Waals surface area contributed by atoms with Gasteiger partial charge in [-0.1, -0.05) is 63.2 Å². The van der Waals surface area contributed by atoms with Gasteiger partial charge in [-0.3, -0.25) is 0 Å². The first kappa shape index (κ1) is 16.0. The second-order valence-electron chi connectivity index (χ2n) is 6.79. The van der Waals surface area contributed by atoms with Crippen LogP contribution in [0.1, 0.15) is 36.8 Å². The van der Waals surface area contributed by atoms with Gasteiger partial charge in [-0.2, -0.15) is 5.10 Å². The molecule has 0 spiro atoms. The van der Waals surface area contributed by atoms with Crippen LogP contribution in [0.2, 0.25) is 0 Å². The third-order valence-corrected chi connectivity index (χ3v) is 3.98. The molecule has 0 saturated heterocycles. The van der Waals surface area contributed by atoms with E-state index >= 15 is 0 Å². The average Bonchev–Trinajstić information content (AvgIpc) is 3.00. The first-order valence-electron chi connectivity index (χ1n) is 7.86. The molecule has 0 amide bonds. The molecule has 0 aliphatic rings. The summed E-state index contributed by atoms with van der Waals surface area (Å²) in [4.78, 5) is 11.3. The number of carbonyl (C=O) groups is 1. The summed E-state index contributed by atoms with van der Waals surface area (Å²) in [7, 11) is 0. The molecule has 3 aromatic rings. The van der Waals surface area contributed by atoms with Gasteiger partial charge < -0.3 is 5.11 Å².